The summed E-state index contributed by atoms with van der Waals surface area (Å²) in [6, 6.07) is 10.3. The molecule has 1 aromatic heterocycles. The van der Waals surface area contributed by atoms with E-state index in [1.165, 1.54) is 5.56 Å². The van der Waals surface area contributed by atoms with Crippen molar-refractivity contribution in [2.24, 2.45) is 5.73 Å². The second-order valence-electron chi connectivity index (χ2n) is 4.49. The van der Waals surface area contributed by atoms with E-state index in [2.05, 4.69) is 51.8 Å². The van der Waals surface area contributed by atoms with Crippen LogP contribution in [0.25, 0.3) is 0 Å². The number of ether oxygens (including phenoxy) is 1. The number of thiophene rings is 1. The summed E-state index contributed by atoms with van der Waals surface area (Å²) in [5, 5.41) is 4.17. The molecule has 4 heteroatoms. The van der Waals surface area contributed by atoms with Gasteiger partial charge >= 0.3 is 0 Å². The van der Waals surface area contributed by atoms with E-state index in [4.69, 9.17) is 10.5 Å². The molecule has 0 saturated carbocycles. The summed E-state index contributed by atoms with van der Waals surface area (Å²) < 4.78 is 7.11. The normalized spacial score (nSPS) is 14.3. The minimum atomic E-state index is -0.0322. The molecule has 19 heavy (non-hydrogen) atoms. The van der Waals surface area contributed by atoms with Crippen molar-refractivity contribution >= 4 is 27.3 Å². The Balaban J connectivity index is 2.05. The number of hydrogen-bond acceptors (Lipinski definition) is 3. The molecule has 0 radical (unpaired) electrons. The average Bonchev–Trinajstić information content (AvgIpc) is 2.92. The molecule has 2 aromatic rings. The second-order valence-corrected chi connectivity index (χ2v) is 6.19. The highest BCUT2D eigenvalue weighted by atomic mass is 79.9. The lowest BCUT2D eigenvalue weighted by Gasteiger charge is -2.23. The Bertz CT molecular complexity index is 501. The van der Waals surface area contributed by atoms with Crippen molar-refractivity contribution in [2.75, 3.05) is 0 Å². The predicted octanol–water partition coefficient (Wildman–Crippen LogP) is 4.51. The van der Waals surface area contributed by atoms with Crippen molar-refractivity contribution in [1.82, 2.24) is 0 Å². The first-order chi connectivity index (χ1) is 9.20. The molecule has 102 valence electrons. The van der Waals surface area contributed by atoms with E-state index in [-0.39, 0.29) is 12.1 Å². The molecule has 2 nitrogen and oxygen atoms in total. The van der Waals surface area contributed by atoms with Gasteiger partial charge in [-0.15, -0.1) is 0 Å². The standard InChI is InChI=1S/C15H18BrNOS/c1-2-14(17)15(12-6-7-19-10-12)18-9-11-4-3-5-13(16)8-11/h3-8,10,14-15H,2,9,17H2,1H3. The molecule has 2 N–H and O–H groups in total. The highest BCUT2D eigenvalue weighted by Crippen LogP contribution is 2.26. The Kier molecular flexibility index (Phi) is 5.58. The van der Waals surface area contributed by atoms with Crippen LogP contribution in [0.15, 0.2) is 45.6 Å². The summed E-state index contributed by atoms with van der Waals surface area (Å²) in [5.74, 6) is 0. The van der Waals surface area contributed by atoms with Gasteiger partial charge in [0.05, 0.1) is 12.7 Å². The van der Waals surface area contributed by atoms with Crippen LogP contribution in [0.4, 0.5) is 0 Å². The lowest BCUT2D eigenvalue weighted by atomic mass is 10.0. The Labute approximate surface area is 126 Å². The zero-order valence-corrected chi connectivity index (χ0v) is 13.3. The summed E-state index contributed by atoms with van der Waals surface area (Å²) in [4.78, 5) is 0. The zero-order valence-electron chi connectivity index (χ0n) is 10.9. The Hall–Kier alpha value is -0.680. The van der Waals surface area contributed by atoms with Gasteiger partial charge in [-0.1, -0.05) is 35.0 Å². The summed E-state index contributed by atoms with van der Waals surface area (Å²) in [6.45, 7) is 2.67. The topological polar surface area (TPSA) is 35.2 Å². The molecular weight excluding hydrogens is 322 g/mol. The van der Waals surface area contributed by atoms with Crippen molar-refractivity contribution in [1.29, 1.82) is 0 Å². The van der Waals surface area contributed by atoms with E-state index in [0.29, 0.717) is 6.61 Å². The molecule has 0 spiro atoms. The molecule has 0 amide bonds. The van der Waals surface area contributed by atoms with Crippen LogP contribution in [-0.2, 0) is 11.3 Å². The van der Waals surface area contributed by atoms with Crippen LogP contribution in [0.5, 0.6) is 0 Å². The minimum Gasteiger partial charge on any atom is -0.367 e. The molecule has 0 aliphatic rings. The molecule has 0 saturated heterocycles. The molecule has 2 rings (SSSR count). The summed E-state index contributed by atoms with van der Waals surface area (Å²) in [7, 11) is 0. The average molecular weight is 340 g/mol. The van der Waals surface area contributed by atoms with Crippen molar-refractivity contribution in [3.8, 4) is 0 Å². The molecule has 0 bridgehead atoms. The maximum absolute atomic E-state index is 6.17. The summed E-state index contributed by atoms with van der Waals surface area (Å²) in [5.41, 5.74) is 8.50. The second kappa shape index (κ2) is 7.20. The van der Waals surface area contributed by atoms with Crippen LogP contribution in [0.1, 0.15) is 30.6 Å². The number of benzene rings is 1. The van der Waals surface area contributed by atoms with Gasteiger partial charge in [0.25, 0.3) is 0 Å². The molecule has 1 heterocycles. The van der Waals surface area contributed by atoms with Crippen molar-refractivity contribution in [3.63, 3.8) is 0 Å². The monoisotopic (exact) mass is 339 g/mol. The third-order valence-electron chi connectivity index (χ3n) is 3.05. The number of halogens is 1. The lowest BCUT2D eigenvalue weighted by molar-refractivity contribution is 0.0215. The van der Waals surface area contributed by atoms with Crippen LogP contribution < -0.4 is 5.73 Å². The minimum absolute atomic E-state index is 0.0294. The van der Waals surface area contributed by atoms with Crippen molar-refractivity contribution in [3.05, 3.63) is 56.7 Å². The van der Waals surface area contributed by atoms with Gasteiger partial charge in [-0.25, -0.2) is 0 Å². The molecule has 2 atom stereocenters. The highest BCUT2D eigenvalue weighted by molar-refractivity contribution is 9.10. The van der Waals surface area contributed by atoms with E-state index in [0.717, 1.165) is 16.5 Å². The maximum Gasteiger partial charge on any atom is 0.0988 e. The predicted molar refractivity (Wildman–Crippen MR) is 84.3 cm³/mol. The fraction of sp³-hybridized carbons (Fsp3) is 0.333. The maximum atomic E-state index is 6.17. The molecule has 1 aromatic carbocycles. The number of hydrogen-bond donors (Lipinski definition) is 1. The molecule has 0 fully saturated rings. The molecule has 2 unspecified atom stereocenters. The largest absolute Gasteiger partial charge is 0.367 e. The lowest BCUT2D eigenvalue weighted by Crippen LogP contribution is -2.29. The first-order valence-corrected chi connectivity index (χ1v) is 8.08. The van der Waals surface area contributed by atoms with Gasteiger partial charge in [0.2, 0.25) is 0 Å². The van der Waals surface area contributed by atoms with Crippen molar-refractivity contribution < 1.29 is 4.74 Å². The van der Waals surface area contributed by atoms with Crippen LogP contribution in [-0.4, -0.2) is 6.04 Å². The SMILES string of the molecule is CCC(N)C(OCc1cccc(Br)c1)c1ccsc1. The van der Waals surface area contributed by atoms with Crippen LogP contribution in [0.2, 0.25) is 0 Å². The summed E-state index contributed by atoms with van der Waals surface area (Å²) >= 11 is 5.15. The summed E-state index contributed by atoms with van der Waals surface area (Å²) in [6.07, 6.45) is 0.870. The van der Waals surface area contributed by atoms with Gasteiger partial charge in [0, 0.05) is 10.5 Å². The smallest absolute Gasteiger partial charge is 0.0988 e. The quantitative estimate of drug-likeness (QED) is 0.840. The fourth-order valence-electron chi connectivity index (χ4n) is 1.93. The van der Waals surface area contributed by atoms with Crippen molar-refractivity contribution in [2.45, 2.75) is 32.1 Å². The van der Waals surface area contributed by atoms with Crippen LogP contribution in [0, 0.1) is 0 Å². The molecular formula is C15H18BrNOS. The third kappa shape index (κ3) is 4.14. The zero-order chi connectivity index (χ0) is 13.7. The van der Waals surface area contributed by atoms with E-state index in [9.17, 15) is 0 Å². The van der Waals surface area contributed by atoms with E-state index >= 15 is 0 Å². The Morgan fingerprint density at radius 3 is 2.84 bits per heavy atom. The van der Waals surface area contributed by atoms with E-state index in [1.807, 2.05) is 12.1 Å². The van der Waals surface area contributed by atoms with Gasteiger partial charge in [0.15, 0.2) is 0 Å². The highest BCUT2D eigenvalue weighted by Gasteiger charge is 2.19. The van der Waals surface area contributed by atoms with E-state index < -0.39 is 0 Å². The Morgan fingerprint density at radius 1 is 1.37 bits per heavy atom. The molecule has 0 aliphatic heterocycles. The first kappa shape index (κ1) is 14.7. The van der Waals surface area contributed by atoms with Gasteiger partial charge in [-0.2, -0.15) is 11.3 Å². The van der Waals surface area contributed by atoms with Gasteiger partial charge < -0.3 is 10.5 Å². The van der Waals surface area contributed by atoms with Crippen LogP contribution >= 0.6 is 27.3 Å². The number of nitrogens with two attached hydrogens (primary N) is 1. The Morgan fingerprint density at radius 2 is 2.21 bits per heavy atom. The van der Waals surface area contributed by atoms with Gasteiger partial charge in [-0.05, 0) is 46.5 Å². The fourth-order valence-corrected chi connectivity index (χ4v) is 3.06. The van der Waals surface area contributed by atoms with Gasteiger partial charge in [-0.3, -0.25) is 0 Å². The first-order valence-electron chi connectivity index (χ1n) is 6.34. The molecule has 0 aliphatic carbocycles. The van der Waals surface area contributed by atoms with Crippen LogP contribution in [0.3, 0.4) is 0 Å². The van der Waals surface area contributed by atoms with E-state index in [1.54, 1.807) is 11.3 Å². The third-order valence-corrected chi connectivity index (χ3v) is 4.25. The number of rotatable bonds is 6. The van der Waals surface area contributed by atoms with Gasteiger partial charge in [0.1, 0.15) is 0 Å².